The van der Waals surface area contributed by atoms with Gasteiger partial charge in [-0.25, -0.2) is 0 Å². The molecule has 4 rings (SSSR count). The van der Waals surface area contributed by atoms with Gasteiger partial charge < -0.3 is 5.11 Å². The van der Waals surface area contributed by atoms with Gasteiger partial charge in [-0.05, 0) is 28.7 Å². The molecule has 2 nitrogen and oxygen atoms in total. The number of benzene rings is 4. The van der Waals surface area contributed by atoms with E-state index in [0.29, 0.717) is 6.42 Å². The highest BCUT2D eigenvalue weighted by Gasteiger charge is 2.40. The topological polar surface area (TPSA) is 32.6 Å². The van der Waals surface area contributed by atoms with E-state index >= 15 is 0 Å². The summed E-state index contributed by atoms with van der Waals surface area (Å²) in [7, 11) is 0. The Morgan fingerprint density at radius 2 is 1.07 bits per heavy atom. The summed E-state index contributed by atoms with van der Waals surface area (Å²) in [5, 5.41) is 12.2. The van der Waals surface area contributed by atoms with Crippen LogP contribution < -0.4 is 0 Å². The van der Waals surface area contributed by atoms with Crippen LogP contribution in [0.5, 0.6) is 0 Å². The van der Waals surface area contributed by atoms with Crippen molar-refractivity contribution in [1.29, 1.82) is 0 Å². The average molecular weight is 392 g/mol. The van der Waals surface area contributed by atoms with Crippen LogP contribution >= 0.6 is 0 Å². The molecule has 0 saturated carbocycles. The largest absolute Gasteiger partial charge is 0.378 e. The Labute approximate surface area is 178 Å². The second kappa shape index (κ2) is 9.34. The number of aliphatic hydroxyl groups is 1. The van der Waals surface area contributed by atoms with Crippen molar-refractivity contribution in [2.45, 2.75) is 18.1 Å². The van der Waals surface area contributed by atoms with Gasteiger partial charge in [0.1, 0.15) is 5.60 Å². The molecule has 0 spiro atoms. The molecule has 0 bridgehead atoms. The minimum absolute atomic E-state index is 0.398. The summed E-state index contributed by atoms with van der Waals surface area (Å²) >= 11 is 0. The number of nitrogens with zero attached hydrogens (tertiary/aromatic N) is 1. The van der Waals surface area contributed by atoms with E-state index in [-0.39, 0.29) is 0 Å². The summed E-state index contributed by atoms with van der Waals surface area (Å²) in [4.78, 5) is 4.94. The normalized spacial score (nSPS) is 12.7. The third kappa shape index (κ3) is 4.40. The van der Waals surface area contributed by atoms with E-state index in [9.17, 15) is 5.11 Å². The molecule has 0 fully saturated rings. The minimum atomic E-state index is -1.26. The number of rotatable bonds is 7. The van der Waals surface area contributed by atoms with E-state index in [1.165, 1.54) is 0 Å². The first-order chi connectivity index (χ1) is 14.8. The van der Waals surface area contributed by atoms with E-state index < -0.39 is 11.6 Å². The number of hydrogen-bond donors (Lipinski definition) is 1. The molecule has 0 aliphatic heterocycles. The maximum Gasteiger partial charge on any atom is 0.137 e. The van der Waals surface area contributed by atoms with Crippen LogP contribution in [0.2, 0.25) is 0 Å². The van der Waals surface area contributed by atoms with Crippen molar-refractivity contribution in [3.63, 3.8) is 0 Å². The quantitative estimate of drug-likeness (QED) is 0.406. The molecule has 1 atom stereocenters. The highest BCUT2D eigenvalue weighted by Crippen LogP contribution is 2.36. The van der Waals surface area contributed by atoms with Crippen molar-refractivity contribution in [2.75, 3.05) is 0 Å². The fourth-order valence-electron chi connectivity index (χ4n) is 3.80. The fourth-order valence-corrected chi connectivity index (χ4v) is 3.80. The zero-order valence-electron chi connectivity index (χ0n) is 16.8. The lowest BCUT2D eigenvalue weighted by Gasteiger charge is -2.35. The third-order valence-electron chi connectivity index (χ3n) is 5.39. The number of aliphatic imine (C=N–C) groups is 1. The molecule has 0 saturated heterocycles. The second-order valence-corrected chi connectivity index (χ2v) is 7.39. The Balaban J connectivity index is 1.83. The molecule has 0 amide bonds. The first-order valence-electron chi connectivity index (χ1n) is 10.2. The monoisotopic (exact) mass is 391 g/mol. The molecule has 0 aliphatic rings. The highest BCUT2D eigenvalue weighted by atomic mass is 16.3. The van der Waals surface area contributed by atoms with Gasteiger partial charge in [-0.2, -0.15) is 0 Å². The molecule has 2 heteroatoms. The zero-order valence-corrected chi connectivity index (χ0v) is 16.8. The Morgan fingerprint density at radius 3 is 1.57 bits per heavy atom. The van der Waals surface area contributed by atoms with E-state index in [2.05, 4.69) is 12.1 Å². The lowest BCUT2D eigenvalue weighted by Crippen LogP contribution is -2.41. The molecular formula is C28H25NO. The molecule has 0 aliphatic carbocycles. The van der Waals surface area contributed by atoms with Crippen LogP contribution in [0.1, 0.15) is 22.3 Å². The second-order valence-electron chi connectivity index (χ2n) is 7.39. The zero-order chi connectivity index (χ0) is 20.7. The Kier molecular flexibility index (Phi) is 6.17. The van der Waals surface area contributed by atoms with Gasteiger partial charge in [-0.1, -0.05) is 121 Å². The number of hydrogen-bond acceptors (Lipinski definition) is 2. The Hall–Kier alpha value is -3.49. The van der Waals surface area contributed by atoms with Gasteiger partial charge >= 0.3 is 0 Å². The van der Waals surface area contributed by atoms with Crippen molar-refractivity contribution in [3.05, 3.63) is 144 Å². The van der Waals surface area contributed by atoms with Gasteiger partial charge in [0.05, 0.1) is 6.04 Å². The van der Waals surface area contributed by atoms with Crippen molar-refractivity contribution in [1.82, 2.24) is 0 Å². The molecular weight excluding hydrogens is 366 g/mol. The first-order valence-corrected chi connectivity index (χ1v) is 10.2. The van der Waals surface area contributed by atoms with E-state index in [1.807, 2.05) is 115 Å². The van der Waals surface area contributed by atoms with Gasteiger partial charge in [0.15, 0.2) is 0 Å². The van der Waals surface area contributed by atoms with Gasteiger partial charge in [0, 0.05) is 6.21 Å². The van der Waals surface area contributed by atoms with Crippen LogP contribution in [0.3, 0.4) is 0 Å². The van der Waals surface area contributed by atoms with Crippen LogP contribution in [0, 0.1) is 0 Å². The smallest absolute Gasteiger partial charge is 0.137 e. The van der Waals surface area contributed by atoms with E-state index in [0.717, 1.165) is 22.3 Å². The van der Waals surface area contributed by atoms with Crippen molar-refractivity contribution in [3.8, 4) is 0 Å². The van der Waals surface area contributed by atoms with E-state index in [4.69, 9.17) is 4.99 Å². The lowest BCUT2D eigenvalue weighted by molar-refractivity contribution is 0.0528. The van der Waals surface area contributed by atoms with Crippen LogP contribution in [-0.4, -0.2) is 17.4 Å². The van der Waals surface area contributed by atoms with Crippen LogP contribution in [0.15, 0.2) is 126 Å². The molecule has 1 N–H and O–H groups in total. The predicted octanol–water partition coefficient (Wildman–Crippen LogP) is 5.65. The molecule has 30 heavy (non-hydrogen) atoms. The minimum Gasteiger partial charge on any atom is -0.378 e. The molecule has 4 aromatic carbocycles. The van der Waals surface area contributed by atoms with Crippen LogP contribution in [-0.2, 0) is 12.0 Å². The Bertz CT molecular complexity index is 1020. The maximum atomic E-state index is 12.2. The van der Waals surface area contributed by atoms with Gasteiger partial charge in [-0.15, -0.1) is 0 Å². The Morgan fingerprint density at radius 1 is 0.633 bits per heavy atom. The summed E-state index contributed by atoms with van der Waals surface area (Å²) in [6.07, 6.45) is 2.48. The van der Waals surface area contributed by atoms with Gasteiger partial charge in [0.2, 0.25) is 0 Å². The summed E-state index contributed by atoms with van der Waals surface area (Å²) in [6, 6.07) is 39.5. The lowest BCUT2D eigenvalue weighted by atomic mass is 9.78. The van der Waals surface area contributed by atoms with E-state index in [1.54, 1.807) is 0 Å². The molecule has 0 aromatic heterocycles. The molecule has 148 valence electrons. The molecule has 0 radical (unpaired) electrons. The average Bonchev–Trinajstić information content (AvgIpc) is 2.83. The predicted molar refractivity (Wildman–Crippen MR) is 124 cm³/mol. The van der Waals surface area contributed by atoms with Crippen molar-refractivity contribution < 1.29 is 5.11 Å². The summed E-state index contributed by atoms with van der Waals surface area (Å²) in [6.45, 7) is 0. The summed E-state index contributed by atoms with van der Waals surface area (Å²) < 4.78 is 0. The standard InChI is InChI=1S/C28H25NO/c30-28(25-17-9-3-10-18-25,26-19-11-4-12-20-26)27(21-23-13-5-1-6-14-23)29-22-24-15-7-2-8-16-24/h1-20,22,27,30H,21H2/t27-/m0/s1. The third-order valence-corrected chi connectivity index (χ3v) is 5.39. The maximum absolute atomic E-state index is 12.2. The SMILES string of the molecule is OC(c1ccccc1)(c1ccccc1)[C@H](Cc1ccccc1)N=Cc1ccccc1. The van der Waals surface area contributed by atoms with Gasteiger partial charge in [0.25, 0.3) is 0 Å². The first kappa shape index (κ1) is 19.8. The molecule has 0 unspecified atom stereocenters. The fraction of sp³-hybridized carbons (Fsp3) is 0.107. The summed E-state index contributed by atoms with van der Waals surface area (Å²) in [5.74, 6) is 0. The summed E-state index contributed by atoms with van der Waals surface area (Å²) in [5.41, 5.74) is 2.56. The van der Waals surface area contributed by atoms with Crippen LogP contribution in [0.4, 0.5) is 0 Å². The van der Waals surface area contributed by atoms with Crippen LogP contribution in [0.25, 0.3) is 0 Å². The van der Waals surface area contributed by atoms with Crippen molar-refractivity contribution in [2.24, 2.45) is 4.99 Å². The molecule has 4 aromatic rings. The van der Waals surface area contributed by atoms with Gasteiger partial charge in [-0.3, -0.25) is 4.99 Å². The highest BCUT2D eigenvalue weighted by molar-refractivity contribution is 5.79. The van der Waals surface area contributed by atoms with Crippen molar-refractivity contribution >= 4 is 6.21 Å². The molecule has 0 heterocycles.